The molecule has 0 heterocycles. The number of hydrogen-bond acceptors (Lipinski definition) is 3. The van der Waals surface area contributed by atoms with E-state index in [-0.39, 0.29) is 12.2 Å². The molecule has 1 atom stereocenters. The second-order valence-corrected chi connectivity index (χ2v) is 4.32. The lowest BCUT2D eigenvalue weighted by Crippen LogP contribution is -2.50. The summed E-state index contributed by atoms with van der Waals surface area (Å²) in [6.45, 7) is 1.38. The molecule has 0 aliphatic heterocycles. The highest BCUT2D eigenvalue weighted by atomic mass is 19.4. The van der Waals surface area contributed by atoms with E-state index in [2.05, 4.69) is 5.32 Å². The Labute approximate surface area is 113 Å². The van der Waals surface area contributed by atoms with E-state index >= 15 is 0 Å². The minimum absolute atomic E-state index is 0.0113. The van der Waals surface area contributed by atoms with E-state index in [0.29, 0.717) is 0 Å². The second-order valence-electron chi connectivity index (χ2n) is 4.32. The maximum Gasteiger partial charge on any atom is 0.401 e. The van der Waals surface area contributed by atoms with Crippen LogP contribution in [0.5, 0.6) is 0 Å². The van der Waals surface area contributed by atoms with Gasteiger partial charge in [0.25, 0.3) is 0 Å². The molecule has 0 aromatic heterocycles. The molecule has 0 radical (unpaired) electrons. The zero-order valence-electron chi connectivity index (χ0n) is 11.1. The normalized spacial score (nSPS) is 14.7. The first-order chi connectivity index (χ1) is 9.19. The minimum Gasteiger partial charge on any atom is -0.464 e. The fourth-order valence-corrected chi connectivity index (χ4v) is 1.64. The maximum absolute atomic E-state index is 13.2. The molecule has 1 rings (SSSR count). The molecule has 1 aromatic rings. The lowest BCUT2D eigenvalue weighted by Gasteiger charge is -2.29. The van der Waals surface area contributed by atoms with Crippen LogP contribution < -0.4 is 5.32 Å². The van der Waals surface area contributed by atoms with Crippen molar-refractivity contribution in [1.29, 1.82) is 0 Å². The molecule has 0 saturated carbocycles. The Hall–Kier alpha value is -1.63. The number of esters is 1. The molecule has 1 unspecified atom stereocenters. The zero-order valence-corrected chi connectivity index (χ0v) is 11.1. The highest BCUT2D eigenvalue weighted by Gasteiger charge is 2.40. The first-order valence-electron chi connectivity index (χ1n) is 5.94. The summed E-state index contributed by atoms with van der Waals surface area (Å²) in [5, 5.41) is 2.10. The van der Waals surface area contributed by atoms with E-state index in [9.17, 15) is 22.4 Å². The molecule has 0 saturated heterocycles. The van der Waals surface area contributed by atoms with Crippen LogP contribution in [0.25, 0.3) is 0 Å². The maximum atomic E-state index is 13.2. The van der Waals surface area contributed by atoms with Crippen molar-refractivity contribution < 1.29 is 27.1 Å². The summed E-state index contributed by atoms with van der Waals surface area (Å²) in [7, 11) is 0. The Balaban J connectivity index is 3.09. The number of nitrogens with one attached hydrogen (secondary N) is 1. The van der Waals surface area contributed by atoms with Crippen LogP contribution in [0, 0.1) is 5.82 Å². The second kappa shape index (κ2) is 6.21. The summed E-state index contributed by atoms with van der Waals surface area (Å²) in [4.78, 5) is 11.9. The van der Waals surface area contributed by atoms with Gasteiger partial charge in [0.1, 0.15) is 11.4 Å². The van der Waals surface area contributed by atoms with E-state index in [0.717, 1.165) is 12.1 Å². The summed E-state index contributed by atoms with van der Waals surface area (Å²) in [5.74, 6) is -1.54. The van der Waals surface area contributed by atoms with E-state index in [1.807, 2.05) is 0 Å². The van der Waals surface area contributed by atoms with Crippen molar-refractivity contribution in [2.24, 2.45) is 0 Å². The van der Waals surface area contributed by atoms with Crippen molar-refractivity contribution in [3.8, 4) is 0 Å². The lowest BCUT2D eigenvalue weighted by molar-refractivity contribution is -0.155. The van der Waals surface area contributed by atoms with Crippen molar-refractivity contribution in [1.82, 2.24) is 5.32 Å². The van der Waals surface area contributed by atoms with Gasteiger partial charge in [-0.3, -0.25) is 5.32 Å². The van der Waals surface area contributed by atoms with Crippen molar-refractivity contribution in [2.75, 3.05) is 13.2 Å². The highest BCUT2D eigenvalue weighted by molar-refractivity contribution is 5.82. The van der Waals surface area contributed by atoms with Crippen molar-refractivity contribution >= 4 is 5.97 Å². The van der Waals surface area contributed by atoms with Crippen LogP contribution in [0.2, 0.25) is 0 Å². The fraction of sp³-hybridized carbons (Fsp3) is 0.462. The van der Waals surface area contributed by atoms with E-state index in [4.69, 9.17) is 4.74 Å². The third kappa shape index (κ3) is 4.19. The van der Waals surface area contributed by atoms with Gasteiger partial charge in [-0.1, -0.05) is 12.1 Å². The Kier molecular flexibility index (Phi) is 5.10. The van der Waals surface area contributed by atoms with Gasteiger partial charge in [-0.15, -0.1) is 0 Å². The smallest absolute Gasteiger partial charge is 0.401 e. The predicted molar refractivity (Wildman–Crippen MR) is 64.4 cm³/mol. The van der Waals surface area contributed by atoms with Crippen LogP contribution in [-0.4, -0.2) is 25.3 Å². The van der Waals surface area contributed by atoms with Gasteiger partial charge in [0.15, 0.2) is 0 Å². The number of carbonyl (C=O) groups excluding carboxylic acids is 1. The summed E-state index contributed by atoms with van der Waals surface area (Å²) in [5.41, 5.74) is -1.70. The molecular formula is C13H15F4NO2. The number of hydrogen-bond donors (Lipinski definition) is 1. The van der Waals surface area contributed by atoms with Gasteiger partial charge in [0, 0.05) is 0 Å². The molecule has 20 heavy (non-hydrogen) atoms. The van der Waals surface area contributed by atoms with Crippen molar-refractivity contribution in [2.45, 2.75) is 25.6 Å². The van der Waals surface area contributed by atoms with Gasteiger partial charge in [-0.05, 0) is 31.5 Å². The van der Waals surface area contributed by atoms with Crippen LogP contribution in [0.3, 0.4) is 0 Å². The molecular weight excluding hydrogens is 278 g/mol. The van der Waals surface area contributed by atoms with Crippen molar-refractivity contribution in [3.63, 3.8) is 0 Å². The van der Waals surface area contributed by atoms with Gasteiger partial charge >= 0.3 is 12.1 Å². The van der Waals surface area contributed by atoms with Gasteiger partial charge in [0.05, 0.1) is 13.2 Å². The lowest BCUT2D eigenvalue weighted by atomic mass is 9.92. The topological polar surface area (TPSA) is 38.3 Å². The van der Waals surface area contributed by atoms with Gasteiger partial charge in [-0.2, -0.15) is 13.2 Å². The standard InChI is InChI=1S/C13H15F4NO2/c1-3-20-11(19)12(2,18-8-13(15,16)17)9-5-4-6-10(14)7-9/h4-7,18H,3,8H2,1-2H3. The van der Waals surface area contributed by atoms with Crippen LogP contribution in [-0.2, 0) is 15.1 Å². The molecule has 0 amide bonds. The van der Waals surface area contributed by atoms with E-state index in [1.54, 1.807) is 0 Å². The summed E-state index contributed by atoms with van der Waals surface area (Å²) in [6, 6.07) is 4.82. The molecule has 0 fully saturated rings. The summed E-state index contributed by atoms with van der Waals surface area (Å²) in [6.07, 6.45) is -4.50. The van der Waals surface area contributed by atoms with Crippen LogP contribution >= 0.6 is 0 Å². The molecule has 0 aliphatic carbocycles. The molecule has 0 aliphatic rings. The van der Waals surface area contributed by atoms with Crippen LogP contribution in [0.1, 0.15) is 19.4 Å². The van der Waals surface area contributed by atoms with Crippen LogP contribution in [0.4, 0.5) is 17.6 Å². The summed E-state index contributed by atoms with van der Waals surface area (Å²) < 4.78 is 55.0. The number of halogens is 4. The number of rotatable bonds is 5. The van der Waals surface area contributed by atoms with Gasteiger partial charge in [0.2, 0.25) is 0 Å². The quantitative estimate of drug-likeness (QED) is 0.670. The molecule has 3 nitrogen and oxygen atoms in total. The first kappa shape index (κ1) is 16.4. The van der Waals surface area contributed by atoms with Gasteiger partial charge in [-0.25, -0.2) is 9.18 Å². The van der Waals surface area contributed by atoms with Crippen molar-refractivity contribution in [3.05, 3.63) is 35.6 Å². The average molecular weight is 293 g/mol. The third-order valence-electron chi connectivity index (χ3n) is 2.73. The average Bonchev–Trinajstić information content (AvgIpc) is 2.35. The number of carbonyl (C=O) groups is 1. The van der Waals surface area contributed by atoms with Crippen LogP contribution in [0.15, 0.2) is 24.3 Å². The highest BCUT2D eigenvalue weighted by Crippen LogP contribution is 2.25. The molecule has 0 spiro atoms. The predicted octanol–water partition coefficient (Wildman–Crippen LogP) is 2.76. The first-order valence-corrected chi connectivity index (χ1v) is 5.94. The Morgan fingerprint density at radius 2 is 2.00 bits per heavy atom. The van der Waals surface area contributed by atoms with E-state index < -0.39 is 30.0 Å². The molecule has 112 valence electrons. The molecule has 1 N–H and O–H groups in total. The molecule has 1 aromatic carbocycles. The largest absolute Gasteiger partial charge is 0.464 e. The monoisotopic (exact) mass is 293 g/mol. The Morgan fingerprint density at radius 3 is 2.50 bits per heavy atom. The number of ether oxygens (including phenoxy) is 1. The Morgan fingerprint density at radius 1 is 1.35 bits per heavy atom. The number of alkyl halides is 3. The summed E-state index contributed by atoms with van der Waals surface area (Å²) >= 11 is 0. The zero-order chi connectivity index (χ0) is 15.4. The van der Waals surface area contributed by atoms with E-state index in [1.165, 1.54) is 26.0 Å². The SMILES string of the molecule is CCOC(=O)C(C)(NCC(F)(F)F)c1cccc(F)c1. The Bertz CT molecular complexity index is 476. The third-order valence-corrected chi connectivity index (χ3v) is 2.73. The van der Waals surface area contributed by atoms with Gasteiger partial charge < -0.3 is 4.74 Å². The minimum atomic E-state index is -4.50. The molecule has 7 heteroatoms. The number of benzene rings is 1. The molecule has 0 bridgehead atoms. The fourth-order valence-electron chi connectivity index (χ4n) is 1.64.